The first-order chi connectivity index (χ1) is 18.6. The fourth-order valence-electron chi connectivity index (χ4n) is 4.16. The molecule has 12 nitrogen and oxygen atoms in total. The highest BCUT2D eigenvalue weighted by Crippen LogP contribution is 2.24. The van der Waals surface area contributed by atoms with Gasteiger partial charge in [-0.3, -0.25) is 9.36 Å². The SMILES string of the molecule is COc1ccc(-n2cnnn2)c(CNc2ncnc3nn(Cc4ccc(Cn5cc(F)cn5)cc4)cc23)c1. The fraction of sp³-hybridized carbons (Fsp3) is 0.160. The Labute approximate surface area is 215 Å². The predicted octanol–water partition coefficient (Wildman–Crippen LogP) is 2.85. The van der Waals surface area contributed by atoms with E-state index in [4.69, 9.17) is 4.74 Å². The molecule has 1 N–H and O–H groups in total. The number of benzene rings is 2. The van der Waals surface area contributed by atoms with E-state index < -0.39 is 0 Å². The Morgan fingerprint density at radius 3 is 2.50 bits per heavy atom. The molecular weight excluding hydrogens is 489 g/mol. The number of rotatable bonds is 9. The van der Waals surface area contributed by atoms with Crippen molar-refractivity contribution in [1.82, 2.24) is 49.7 Å². The Bertz CT molecular complexity index is 1680. The molecule has 0 unspecified atom stereocenters. The Balaban J connectivity index is 1.19. The number of nitrogens with one attached hydrogen (secondary N) is 1. The molecule has 0 saturated carbocycles. The van der Waals surface area contributed by atoms with E-state index in [2.05, 4.69) is 41.0 Å². The minimum Gasteiger partial charge on any atom is -0.497 e. The van der Waals surface area contributed by atoms with Gasteiger partial charge in [0, 0.05) is 18.3 Å². The summed E-state index contributed by atoms with van der Waals surface area (Å²) in [5, 5.41) is 24.3. The van der Waals surface area contributed by atoms with Crippen LogP contribution in [-0.4, -0.2) is 56.8 Å². The second kappa shape index (κ2) is 10.0. The summed E-state index contributed by atoms with van der Waals surface area (Å²) in [6.07, 6.45) is 7.53. The van der Waals surface area contributed by atoms with E-state index in [1.807, 2.05) is 53.3 Å². The van der Waals surface area contributed by atoms with Gasteiger partial charge >= 0.3 is 0 Å². The largest absolute Gasteiger partial charge is 0.497 e. The highest BCUT2D eigenvalue weighted by atomic mass is 19.1. The summed E-state index contributed by atoms with van der Waals surface area (Å²) in [5.41, 5.74) is 4.43. The number of methoxy groups -OCH3 is 1. The van der Waals surface area contributed by atoms with Crippen molar-refractivity contribution >= 4 is 16.9 Å². The molecule has 0 spiro atoms. The maximum atomic E-state index is 13.2. The van der Waals surface area contributed by atoms with E-state index in [1.54, 1.807) is 22.8 Å². The van der Waals surface area contributed by atoms with Crippen LogP contribution in [-0.2, 0) is 19.6 Å². The lowest BCUT2D eigenvalue weighted by Gasteiger charge is -2.12. The van der Waals surface area contributed by atoms with Crippen LogP contribution in [0.2, 0.25) is 0 Å². The van der Waals surface area contributed by atoms with Gasteiger partial charge in [-0.25, -0.2) is 19.0 Å². The van der Waals surface area contributed by atoms with Crippen LogP contribution in [0, 0.1) is 5.82 Å². The second-order valence-corrected chi connectivity index (χ2v) is 8.56. The molecule has 190 valence electrons. The molecule has 13 heteroatoms. The topological polar surface area (TPSA) is 126 Å². The van der Waals surface area contributed by atoms with Gasteiger partial charge in [0.2, 0.25) is 0 Å². The molecule has 2 aromatic carbocycles. The lowest BCUT2D eigenvalue weighted by atomic mass is 10.1. The van der Waals surface area contributed by atoms with Gasteiger partial charge < -0.3 is 10.1 Å². The van der Waals surface area contributed by atoms with Crippen LogP contribution >= 0.6 is 0 Å². The molecule has 0 radical (unpaired) electrons. The maximum absolute atomic E-state index is 13.2. The molecule has 6 aromatic rings. The zero-order valence-electron chi connectivity index (χ0n) is 20.3. The zero-order valence-corrected chi connectivity index (χ0v) is 20.3. The standard InChI is InChI=1S/C25H22FN11O/c1-38-21-6-7-23(37-16-30-33-34-37)19(8-21)9-27-24-22-14-36(32-25(22)29-15-28-24)12-18-4-2-17(3-5-18)11-35-13-20(26)10-31-35/h2-8,10,13-16H,9,11-12H2,1H3,(H,27,28,29,32). The van der Waals surface area contributed by atoms with Crippen LogP contribution in [0.4, 0.5) is 10.2 Å². The van der Waals surface area contributed by atoms with Gasteiger partial charge in [-0.15, -0.1) is 5.10 Å². The molecule has 0 bridgehead atoms. The lowest BCUT2D eigenvalue weighted by molar-refractivity contribution is 0.414. The second-order valence-electron chi connectivity index (χ2n) is 8.56. The number of tetrazole rings is 1. The number of fused-ring (bicyclic) bond motifs is 1. The first kappa shape index (κ1) is 23.2. The van der Waals surface area contributed by atoms with Gasteiger partial charge in [0.15, 0.2) is 11.5 Å². The van der Waals surface area contributed by atoms with Crippen LogP contribution in [0.3, 0.4) is 0 Å². The summed E-state index contributed by atoms with van der Waals surface area (Å²) in [5.74, 6) is 1.04. The summed E-state index contributed by atoms with van der Waals surface area (Å²) in [6, 6.07) is 13.7. The van der Waals surface area contributed by atoms with Crippen LogP contribution in [0.1, 0.15) is 16.7 Å². The van der Waals surface area contributed by atoms with Crippen molar-refractivity contribution in [3.05, 3.63) is 96.2 Å². The predicted molar refractivity (Wildman–Crippen MR) is 135 cm³/mol. The summed E-state index contributed by atoms with van der Waals surface area (Å²) in [7, 11) is 1.62. The van der Waals surface area contributed by atoms with Crippen molar-refractivity contribution < 1.29 is 9.13 Å². The number of aromatic nitrogens is 10. The highest BCUT2D eigenvalue weighted by molar-refractivity contribution is 5.85. The van der Waals surface area contributed by atoms with Crippen LogP contribution in [0.15, 0.2) is 73.7 Å². The first-order valence-corrected chi connectivity index (χ1v) is 11.7. The van der Waals surface area contributed by atoms with E-state index in [0.717, 1.165) is 33.5 Å². The van der Waals surface area contributed by atoms with E-state index in [1.165, 1.54) is 18.7 Å². The Hall–Kier alpha value is -5.20. The van der Waals surface area contributed by atoms with E-state index in [9.17, 15) is 4.39 Å². The average molecular weight is 512 g/mol. The van der Waals surface area contributed by atoms with E-state index >= 15 is 0 Å². The molecule has 4 heterocycles. The molecule has 0 aliphatic rings. The van der Waals surface area contributed by atoms with Gasteiger partial charge in [0.1, 0.15) is 24.2 Å². The van der Waals surface area contributed by atoms with Crippen LogP contribution in [0.5, 0.6) is 5.75 Å². The monoisotopic (exact) mass is 511 g/mol. The molecule has 0 aliphatic heterocycles. The van der Waals surface area contributed by atoms with Crippen LogP contribution in [0.25, 0.3) is 16.7 Å². The normalized spacial score (nSPS) is 11.2. The minimum atomic E-state index is -0.347. The van der Waals surface area contributed by atoms with Gasteiger partial charge in [0.25, 0.3) is 0 Å². The number of ether oxygens (including phenoxy) is 1. The van der Waals surface area contributed by atoms with Crippen molar-refractivity contribution in [1.29, 1.82) is 0 Å². The Morgan fingerprint density at radius 1 is 0.974 bits per heavy atom. The average Bonchev–Trinajstić information content (AvgIpc) is 3.70. The van der Waals surface area contributed by atoms with Gasteiger partial charge in [-0.1, -0.05) is 24.3 Å². The molecule has 6 rings (SSSR count). The van der Waals surface area contributed by atoms with E-state index in [-0.39, 0.29) is 5.82 Å². The highest BCUT2D eigenvalue weighted by Gasteiger charge is 2.12. The van der Waals surface area contributed by atoms with Crippen molar-refractivity contribution in [2.75, 3.05) is 12.4 Å². The number of halogens is 1. The molecule has 0 fully saturated rings. The number of hydrogen-bond acceptors (Lipinski definition) is 9. The molecule has 38 heavy (non-hydrogen) atoms. The molecular formula is C25H22FN11O. The van der Waals surface area contributed by atoms with Gasteiger partial charge in [0.05, 0.1) is 43.7 Å². The summed E-state index contributed by atoms with van der Waals surface area (Å²) < 4.78 is 23.6. The molecule has 0 atom stereocenters. The van der Waals surface area contributed by atoms with Gasteiger partial charge in [-0.2, -0.15) is 10.2 Å². The summed E-state index contributed by atoms with van der Waals surface area (Å²) in [4.78, 5) is 8.78. The van der Waals surface area contributed by atoms with Crippen molar-refractivity contribution in [2.45, 2.75) is 19.6 Å². The number of hydrogen-bond donors (Lipinski definition) is 1. The molecule has 0 amide bonds. The quantitative estimate of drug-likeness (QED) is 0.312. The molecule has 0 saturated heterocycles. The fourth-order valence-corrected chi connectivity index (χ4v) is 4.16. The van der Waals surface area contributed by atoms with Crippen molar-refractivity contribution in [3.63, 3.8) is 0 Å². The number of nitrogens with zero attached hydrogens (tertiary/aromatic N) is 10. The van der Waals surface area contributed by atoms with E-state index in [0.29, 0.717) is 31.1 Å². The smallest absolute Gasteiger partial charge is 0.186 e. The van der Waals surface area contributed by atoms with Crippen molar-refractivity contribution in [3.8, 4) is 11.4 Å². The van der Waals surface area contributed by atoms with Crippen molar-refractivity contribution in [2.24, 2.45) is 0 Å². The van der Waals surface area contributed by atoms with Crippen LogP contribution < -0.4 is 10.1 Å². The summed E-state index contributed by atoms with van der Waals surface area (Å²) >= 11 is 0. The minimum absolute atomic E-state index is 0.347. The third-order valence-electron chi connectivity index (χ3n) is 6.01. The third kappa shape index (κ3) is 4.89. The van der Waals surface area contributed by atoms with Gasteiger partial charge in [-0.05, 0) is 39.8 Å². The zero-order chi connectivity index (χ0) is 25.9. The number of anilines is 1. The maximum Gasteiger partial charge on any atom is 0.186 e. The Kier molecular flexibility index (Phi) is 6.14. The molecule has 0 aliphatic carbocycles. The lowest BCUT2D eigenvalue weighted by Crippen LogP contribution is -2.07. The summed E-state index contributed by atoms with van der Waals surface area (Å²) in [6.45, 7) is 1.51. The Morgan fingerprint density at radius 2 is 1.79 bits per heavy atom. The first-order valence-electron chi connectivity index (χ1n) is 11.7. The molecule has 4 aromatic heterocycles. The third-order valence-corrected chi connectivity index (χ3v) is 6.01.